The van der Waals surface area contributed by atoms with Crippen molar-refractivity contribution in [3.05, 3.63) is 24.3 Å². The number of rotatable bonds is 5. The fraction of sp³-hybridized carbons (Fsp3) is 0.600. The molecule has 0 fully saturated rings. The lowest BCUT2D eigenvalue weighted by atomic mass is 10.1. The van der Waals surface area contributed by atoms with E-state index in [2.05, 4.69) is 29.1 Å². The molecule has 1 rings (SSSR count). The molecule has 1 aromatic heterocycles. The van der Waals surface area contributed by atoms with Crippen molar-refractivity contribution in [3.63, 3.8) is 0 Å². The molecular formula is C10H17N3. The van der Waals surface area contributed by atoms with E-state index in [9.17, 15) is 0 Å². The molecule has 0 aromatic carbocycles. The van der Waals surface area contributed by atoms with Gasteiger partial charge in [0.1, 0.15) is 0 Å². The highest BCUT2D eigenvalue weighted by molar-refractivity contribution is 4.97. The molecule has 1 unspecified atom stereocenters. The highest BCUT2D eigenvalue weighted by Gasteiger charge is 2.05. The summed E-state index contributed by atoms with van der Waals surface area (Å²) in [6.07, 6.45) is 7.38. The van der Waals surface area contributed by atoms with Crippen molar-refractivity contribution in [2.24, 2.45) is 0 Å². The molecule has 72 valence electrons. The van der Waals surface area contributed by atoms with Gasteiger partial charge in [0.05, 0.1) is 5.69 Å². The Morgan fingerprint density at radius 2 is 2.23 bits per heavy atom. The van der Waals surface area contributed by atoms with Gasteiger partial charge >= 0.3 is 0 Å². The van der Waals surface area contributed by atoms with Gasteiger partial charge in [-0.15, -0.1) is 0 Å². The first-order valence-corrected chi connectivity index (χ1v) is 4.85. The van der Waals surface area contributed by atoms with Crippen LogP contribution in [0.1, 0.15) is 26.0 Å². The minimum Gasteiger partial charge on any atom is -0.314 e. The van der Waals surface area contributed by atoms with E-state index in [1.54, 1.807) is 12.4 Å². The number of hydrogen-bond acceptors (Lipinski definition) is 3. The molecule has 0 amide bonds. The van der Waals surface area contributed by atoms with E-state index in [0.717, 1.165) is 25.1 Å². The monoisotopic (exact) mass is 179 g/mol. The highest BCUT2D eigenvalue weighted by atomic mass is 14.9. The fourth-order valence-electron chi connectivity index (χ4n) is 1.34. The first-order valence-electron chi connectivity index (χ1n) is 4.85. The molecule has 0 aliphatic carbocycles. The SMILES string of the molecule is CCNC(CC)Cc1cnccn1. The molecule has 0 aliphatic heterocycles. The Kier molecular flexibility index (Phi) is 4.40. The topological polar surface area (TPSA) is 37.8 Å². The predicted octanol–water partition coefficient (Wildman–Crippen LogP) is 1.41. The van der Waals surface area contributed by atoms with Crippen LogP contribution in [0.3, 0.4) is 0 Å². The summed E-state index contributed by atoms with van der Waals surface area (Å²) in [5, 5.41) is 3.41. The number of hydrogen-bond donors (Lipinski definition) is 1. The Balaban J connectivity index is 2.46. The summed E-state index contributed by atoms with van der Waals surface area (Å²) in [6.45, 7) is 5.32. The summed E-state index contributed by atoms with van der Waals surface area (Å²) in [5.41, 5.74) is 1.07. The Morgan fingerprint density at radius 1 is 1.38 bits per heavy atom. The molecule has 1 aromatic rings. The molecule has 0 bridgehead atoms. The second-order valence-electron chi connectivity index (χ2n) is 3.06. The summed E-state index contributed by atoms with van der Waals surface area (Å²) in [6, 6.07) is 0.529. The van der Waals surface area contributed by atoms with Crippen molar-refractivity contribution >= 4 is 0 Å². The van der Waals surface area contributed by atoms with Crippen molar-refractivity contribution in [1.82, 2.24) is 15.3 Å². The molecule has 1 heterocycles. The molecule has 3 heteroatoms. The van der Waals surface area contributed by atoms with E-state index >= 15 is 0 Å². The van der Waals surface area contributed by atoms with Crippen molar-refractivity contribution < 1.29 is 0 Å². The Bertz CT molecular complexity index is 223. The van der Waals surface area contributed by atoms with Crippen molar-refractivity contribution in [2.75, 3.05) is 6.54 Å². The van der Waals surface area contributed by atoms with Crippen LogP contribution >= 0.6 is 0 Å². The van der Waals surface area contributed by atoms with Crippen LogP contribution in [0, 0.1) is 0 Å². The lowest BCUT2D eigenvalue weighted by Crippen LogP contribution is -2.30. The van der Waals surface area contributed by atoms with Crippen LogP contribution in [-0.2, 0) is 6.42 Å². The van der Waals surface area contributed by atoms with Crippen LogP contribution < -0.4 is 5.32 Å². The minimum atomic E-state index is 0.529. The van der Waals surface area contributed by atoms with Gasteiger partial charge in [0, 0.05) is 31.1 Å². The molecule has 1 N–H and O–H groups in total. The quantitative estimate of drug-likeness (QED) is 0.742. The van der Waals surface area contributed by atoms with E-state index < -0.39 is 0 Å². The van der Waals surface area contributed by atoms with E-state index in [1.807, 2.05) is 6.20 Å². The number of likely N-dealkylation sites (N-methyl/N-ethyl adjacent to an activating group) is 1. The third-order valence-corrected chi connectivity index (χ3v) is 2.06. The zero-order valence-corrected chi connectivity index (χ0v) is 8.33. The molecular weight excluding hydrogens is 162 g/mol. The average Bonchev–Trinajstić information content (AvgIpc) is 2.19. The molecule has 13 heavy (non-hydrogen) atoms. The predicted molar refractivity (Wildman–Crippen MR) is 53.5 cm³/mol. The largest absolute Gasteiger partial charge is 0.314 e. The van der Waals surface area contributed by atoms with Gasteiger partial charge < -0.3 is 5.32 Å². The molecule has 0 spiro atoms. The van der Waals surface area contributed by atoms with Gasteiger partial charge in [-0.05, 0) is 13.0 Å². The molecule has 0 saturated carbocycles. The van der Waals surface area contributed by atoms with E-state index in [4.69, 9.17) is 0 Å². The molecule has 1 atom stereocenters. The van der Waals surface area contributed by atoms with Crippen molar-refractivity contribution in [2.45, 2.75) is 32.7 Å². The molecule has 0 aliphatic rings. The van der Waals surface area contributed by atoms with Crippen LogP contribution in [0.25, 0.3) is 0 Å². The second kappa shape index (κ2) is 5.65. The smallest absolute Gasteiger partial charge is 0.0602 e. The van der Waals surface area contributed by atoms with Gasteiger partial charge in [0.25, 0.3) is 0 Å². The lowest BCUT2D eigenvalue weighted by molar-refractivity contribution is 0.505. The van der Waals surface area contributed by atoms with Gasteiger partial charge in [-0.2, -0.15) is 0 Å². The number of nitrogens with zero attached hydrogens (tertiary/aromatic N) is 2. The van der Waals surface area contributed by atoms with Gasteiger partial charge in [-0.1, -0.05) is 13.8 Å². The van der Waals surface area contributed by atoms with Gasteiger partial charge in [0.15, 0.2) is 0 Å². The summed E-state index contributed by atoms with van der Waals surface area (Å²) in [7, 11) is 0. The first-order chi connectivity index (χ1) is 6.36. The fourth-order valence-corrected chi connectivity index (χ4v) is 1.34. The highest BCUT2D eigenvalue weighted by Crippen LogP contribution is 2.00. The third kappa shape index (κ3) is 3.51. The summed E-state index contributed by atoms with van der Waals surface area (Å²) in [5.74, 6) is 0. The maximum atomic E-state index is 4.25. The van der Waals surface area contributed by atoms with Crippen LogP contribution in [0.4, 0.5) is 0 Å². The van der Waals surface area contributed by atoms with Crippen molar-refractivity contribution in [3.8, 4) is 0 Å². The van der Waals surface area contributed by atoms with Gasteiger partial charge in [0.2, 0.25) is 0 Å². The van der Waals surface area contributed by atoms with E-state index in [0.29, 0.717) is 6.04 Å². The van der Waals surface area contributed by atoms with E-state index in [1.165, 1.54) is 0 Å². The minimum absolute atomic E-state index is 0.529. The maximum absolute atomic E-state index is 4.25. The normalized spacial score (nSPS) is 12.8. The van der Waals surface area contributed by atoms with Crippen molar-refractivity contribution in [1.29, 1.82) is 0 Å². The van der Waals surface area contributed by atoms with Gasteiger partial charge in [-0.25, -0.2) is 0 Å². The Hall–Kier alpha value is -0.960. The van der Waals surface area contributed by atoms with Crippen LogP contribution in [-0.4, -0.2) is 22.6 Å². The average molecular weight is 179 g/mol. The van der Waals surface area contributed by atoms with E-state index in [-0.39, 0.29) is 0 Å². The standard InChI is InChI=1S/C10H17N3/c1-3-9(12-4-2)7-10-8-11-5-6-13-10/h5-6,8-9,12H,3-4,7H2,1-2H3. The van der Waals surface area contributed by atoms with Crippen LogP contribution in [0.5, 0.6) is 0 Å². The van der Waals surface area contributed by atoms with Gasteiger partial charge in [-0.3, -0.25) is 9.97 Å². The third-order valence-electron chi connectivity index (χ3n) is 2.06. The maximum Gasteiger partial charge on any atom is 0.0602 e. The molecule has 0 saturated heterocycles. The van der Waals surface area contributed by atoms with Crippen LogP contribution in [0.15, 0.2) is 18.6 Å². The summed E-state index contributed by atoms with van der Waals surface area (Å²) >= 11 is 0. The second-order valence-corrected chi connectivity index (χ2v) is 3.06. The Morgan fingerprint density at radius 3 is 2.77 bits per heavy atom. The molecule has 0 radical (unpaired) electrons. The zero-order valence-electron chi connectivity index (χ0n) is 8.33. The first kappa shape index (κ1) is 10.1. The summed E-state index contributed by atoms with van der Waals surface area (Å²) in [4.78, 5) is 8.29. The Labute approximate surface area is 79.6 Å². The molecule has 3 nitrogen and oxygen atoms in total. The summed E-state index contributed by atoms with van der Waals surface area (Å²) < 4.78 is 0. The number of aromatic nitrogens is 2. The zero-order chi connectivity index (χ0) is 9.52. The number of nitrogens with one attached hydrogen (secondary N) is 1. The lowest BCUT2D eigenvalue weighted by Gasteiger charge is -2.14. The van der Waals surface area contributed by atoms with Crippen LogP contribution in [0.2, 0.25) is 0 Å².